The van der Waals surface area contributed by atoms with Crippen LogP contribution < -0.4 is 11.1 Å². The van der Waals surface area contributed by atoms with Crippen LogP contribution in [0.25, 0.3) is 0 Å². The fourth-order valence-corrected chi connectivity index (χ4v) is 2.88. The summed E-state index contributed by atoms with van der Waals surface area (Å²) in [5.74, 6) is -1.03. The maximum Gasteiger partial charge on any atom is 0.237 e. The van der Waals surface area contributed by atoms with Gasteiger partial charge in [-0.1, -0.05) is 56.6 Å². The topological polar surface area (TPSA) is 55.1 Å². The van der Waals surface area contributed by atoms with Gasteiger partial charge in [0.05, 0.1) is 21.1 Å². The molecule has 0 aliphatic heterocycles. The summed E-state index contributed by atoms with van der Waals surface area (Å²) < 4.78 is 13.9. The summed E-state index contributed by atoms with van der Waals surface area (Å²) in [4.78, 5) is 12.8. The van der Waals surface area contributed by atoms with Gasteiger partial charge >= 0.3 is 0 Å². The van der Waals surface area contributed by atoms with E-state index in [1.807, 2.05) is 13.8 Å². The molecule has 0 aliphatic rings. The standard InChI is InChI=1S/C15H20ClFN2OS/c1-3-8-15(9-4-2,13(18)21)14(20)19-11-7-5-6-10(16)12(11)17/h5-7H,3-4,8-9H2,1-2H3,(H2,18,21)(H,19,20). The maximum atomic E-state index is 13.9. The number of nitrogens with two attached hydrogens (primary N) is 1. The highest BCUT2D eigenvalue weighted by atomic mass is 35.5. The largest absolute Gasteiger partial charge is 0.392 e. The summed E-state index contributed by atoms with van der Waals surface area (Å²) in [7, 11) is 0. The van der Waals surface area contributed by atoms with Crippen molar-refractivity contribution in [3.05, 3.63) is 29.0 Å². The maximum absolute atomic E-state index is 13.9. The molecule has 1 amide bonds. The lowest BCUT2D eigenvalue weighted by Crippen LogP contribution is -2.46. The number of nitrogens with one attached hydrogen (secondary N) is 1. The van der Waals surface area contributed by atoms with E-state index in [4.69, 9.17) is 29.6 Å². The molecule has 0 bridgehead atoms. The third-order valence-electron chi connectivity index (χ3n) is 3.46. The number of halogens is 2. The van der Waals surface area contributed by atoms with E-state index in [1.165, 1.54) is 12.1 Å². The summed E-state index contributed by atoms with van der Waals surface area (Å²) in [5.41, 5.74) is 4.91. The van der Waals surface area contributed by atoms with Crippen molar-refractivity contribution in [1.82, 2.24) is 0 Å². The second-order valence-corrected chi connectivity index (χ2v) is 5.85. The first kappa shape index (κ1) is 17.9. The highest BCUT2D eigenvalue weighted by molar-refractivity contribution is 7.80. The summed E-state index contributed by atoms with van der Waals surface area (Å²) in [6.45, 7) is 3.91. The molecule has 1 aromatic carbocycles. The molecule has 1 rings (SSSR count). The van der Waals surface area contributed by atoms with Gasteiger partial charge in [-0.15, -0.1) is 0 Å². The molecular weight excluding hydrogens is 311 g/mol. The molecule has 0 saturated carbocycles. The first-order chi connectivity index (χ1) is 9.89. The van der Waals surface area contributed by atoms with Crippen LogP contribution in [0, 0.1) is 11.2 Å². The predicted octanol–water partition coefficient (Wildman–Crippen LogP) is 4.29. The molecular formula is C15H20ClFN2OS. The highest BCUT2D eigenvalue weighted by Crippen LogP contribution is 2.33. The van der Waals surface area contributed by atoms with E-state index in [0.717, 1.165) is 12.8 Å². The SMILES string of the molecule is CCCC(CCC)(C(=O)Nc1cccc(Cl)c1F)C(N)=S. The van der Waals surface area contributed by atoms with Crippen LogP contribution >= 0.6 is 23.8 Å². The summed E-state index contributed by atoms with van der Waals surface area (Å²) in [5, 5.41) is 2.54. The molecule has 6 heteroatoms. The fourth-order valence-electron chi connectivity index (χ4n) is 2.41. The van der Waals surface area contributed by atoms with Crippen molar-refractivity contribution in [3.63, 3.8) is 0 Å². The van der Waals surface area contributed by atoms with Crippen molar-refractivity contribution in [2.75, 3.05) is 5.32 Å². The molecule has 0 saturated heterocycles. The van der Waals surface area contributed by atoms with Gasteiger partial charge in [0, 0.05) is 0 Å². The molecule has 0 heterocycles. The Kier molecular flexibility index (Phi) is 6.55. The lowest BCUT2D eigenvalue weighted by molar-refractivity contribution is -0.122. The Balaban J connectivity index is 3.11. The van der Waals surface area contributed by atoms with Crippen LogP contribution in [0.3, 0.4) is 0 Å². The number of rotatable bonds is 7. The Morgan fingerprint density at radius 1 is 1.38 bits per heavy atom. The average Bonchev–Trinajstić information content (AvgIpc) is 2.43. The van der Waals surface area contributed by atoms with Crippen LogP contribution in [0.15, 0.2) is 18.2 Å². The predicted molar refractivity (Wildman–Crippen MR) is 89.1 cm³/mol. The van der Waals surface area contributed by atoms with Crippen LogP contribution in [-0.4, -0.2) is 10.9 Å². The normalized spacial score (nSPS) is 11.2. The zero-order chi connectivity index (χ0) is 16.0. The third-order valence-corrected chi connectivity index (χ3v) is 4.14. The minimum absolute atomic E-state index is 0.0419. The Bertz CT molecular complexity index is 530. The van der Waals surface area contributed by atoms with Gasteiger partial charge in [0.25, 0.3) is 0 Å². The lowest BCUT2D eigenvalue weighted by atomic mass is 9.78. The number of anilines is 1. The van der Waals surface area contributed by atoms with Crippen molar-refractivity contribution in [3.8, 4) is 0 Å². The van der Waals surface area contributed by atoms with E-state index in [2.05, 4.69) is 5.32 Å². The Morgan fingerprint density at radius 3 is 2.43 bits per heavy atom. The lowest BCUT2D eigenvalue weighted by Gasteiger charge is -2.31. The molecule has 3 N–H and O–H groups in total. The highest BCUT2D eigenvalue weighted by Gasteiger charge is 2.40. The quantitative estimate of drug-likeness (QED) is 0.733. The summed E-state index contributed by atoms with van der Waals surface area (Å²) >= 11 is 10.8. The van der Waals surface area contributed by atoms with Crippen LogP contribution in [0.4, 0.5) is 10.1 Å². The monoisotopic (exact) mass is 330 g/mol. The van der Waals surface area contributed by atoms with E-state index in [-0.39, 0.29) is 21.6 Å². The van der Waals surface area contributed by atoms with E-state index in [1.54, 1.807) is 6.07 Å². The van der Waals surface area contributed by atoms with Gasteiger partial charge in [0.1, 0.15) is 0 Å². The van der Waals surface area contributed by atoms with E-state index < -0.39 is 11.2 Å². The van der Waals surface area contributed by atoms with Gasteiger partial charge in [-0.05, 0) is 25.0 Å². The number of thiocarbonyl (C=S) groups is 1. The number of hydrogen-bond donors (Lipinski definition) is 2. The van der Waals surface area contributed by atoms with Crippen LogP contribution in [-0.2, 0) is 4.79 Å². The molecule has 0 atom stereocenters. The zero-order valence-electron chi connectivity index (χ0n) is 12.2. The molecule has 0 spiro atoms. The molecule has 0 unspecified atom stereocenters. The second-order valence-electron chi connectivity index (χ2n) is 5.00. The number of benzene rings is 1. The average molecular weight is 331 g/mol. The van der Waals surface area contributed by atoms with Gasteiger partial charge in [0.15, 0.2) is 5.82 Å². The van der Waals surface area contributed by atoms with E-state index in [9.17, 15) is 9.18 Å². The summed E-state index contributed by atoms with van der Waals surface area (Å²) in [6, 6.07) is 4.45. The van der Waals surface area contributed by atoms with Crippen LogP contribution in [0.2, 0.25) is 5.02 Å². The van der Waals surface area contributed by atoms with Crippen LogP contribution in [0.1, 0.15) is 39.5 Å². The molecule has 116 valence electrons. The minimum atomic E-state index is -0.951. The molecule has 0 fully saturated rings. The number of amides is 1. The summed E-state index contributed by atoms with van der Waals surface area (Å²) in [6.07, 6.45) is 2.57. The fraction of sp³-hybridized carbons (Fsp3) is 0.467. The molecule has 0 radical (unpaired) electrons. The van der Waals surface area contributed by atoms with Gasteiger partial charge < -0.3 is 11.1 Å². The number of carbonyl (C=O) groups is 1. The molecule has 1 aromatic rings. The van der Waals surface area contributed by atoms with E-state index >= 15 is 0 Å². The van der Waals surface area contributed by atoms with Gasteiger partial charge in [0.2, 0.25) is 5.91 Å². The second kappa shape index (κ2) is 7.71. The zero-order valence-corrected chi connectivity index (χ0v) is 13.8. The van der Waals surface area contributed by atoms with Crippen molar-refractivity contribution in [1.29, 1.82) is 0 Å². The van der Waals surface area contributed by atoms with Crippen molar-refractivity contribution < 1.29 is 9.18 Å². The first-order valence-electron chi connectivity index (χ1n) is 6.94. The Morgan fingerprint density at radius 2 is 1.95 bits per heavy atom. The number of hydrogen-bond acceptors (Lipinski definition) is 2. The van der Waals surface area contributed by atoms with Gasteiger partial charge in [-0.25, -0.2) is 4.39 Å². The molecule has 0 aromatic heterocycles. The Hall–Kier alpha value is -1.20. The number of carbonyl (C=O) groups excluding carboxylic acids is 1. The van der Waals surface area contributed by atoms with Gasteiger partial charge in [-0.3, -0.25) is 4.79 Å². The Labute approximate surface area is 135 Å². The molecule has 0 aliphatic carbocycles. The van der Waals surface area contributed by atoms with Crippen molar-refractivity contribution in [2.45, 2.75) is 39.5 Å². The van der Waals surface area contributed by atoms with Crippen LogP contribution in [0.5, 0.6) is 0 Å². The third kappa shape index (κ3) is 3.92. The van der Waals surface area contributed by atoms with Crippen molar-refractivity contribution >= 4 is 40.4 Å². The van der Waals surface area contributed by atoms with Crippen molar-refractivity contribution in [2.24, 2.45) is 11.1 Å². The molecule has 3 nitrogen and oxygen atoms in total. The molecule has 21 heavy (non-hydrogen) atoms. The minimum Gasteiger partial charge on any atom is -0.392 e. The first-order valence-corrected chi connectivity index (χ1v) is 7.73. The van der Waals surface area contributed by atoms with E-state index in [0.29, 0.717) is 12.8 Å². The van der Waals surface area contributed by atoms with Gasteiger partial charge in [-0.2, -0.15) is 0 Å². The smallest absolute Gasteiger partial charge is 0.237 e.